The van der Waals surface area contributed by atoms with Crippen LogP contribution >= 0.6 is 15.9 Å². The molecule has 2 aromatic heterocycles. The molecule has 1 aliphatic heterocycles. The van der Waals surface area contributed by atoms with Gasteiger partial charge in [0.05, 0.1) is 23.9 Å². The van der Waals surface area contributed by atoms with Crippen molar-refractivity contribution >= 4 is 33.9 Å². The highest BCUT2D eigenvalue weighted by Gasteiger charge is 2.18. The van der Waals surface area contributed by atoms with E-state index in [0.29, 0.717) is 24.5 Å². The Morgan fingerprint density at radius 2 is 2.09 bits per heavy atom. The summed E-state index contributed by atoms with van der Waals surface area (Å²) in [5.41, 5.74) is 2.94. The third-order valence-corrected chi connectivity index (χ3v) is 3.85. The number of morpholine rings is 1. The van der Waals surface area contributed by atoms with Crippen LogP contribution in [0, 0.1) is 0 Å². The van der Waals surface area contributed by atoms with Gasteiger partial charge in [0.15, 0.2) is 5.76 Å². The summed E-state index contributed by atoms with van der Waals surface area (Å²) in [7, 11) is 0. The Kier molecular flexibility index (Phi) is 5.04. The minimum Gasteiger partial charge on any atom is -0.438 e. The molecule has 0 spiro atoms. The molecule has 7 nitrogen and oxygen atoms in total. The summed E-state index contributed by atoms with van der Waals surface area (Å²) in [5, 5.41) is 3.91. The van der Waals surface area contributed by atoms with E-state index in [2.05, 4.69) is 36.3 Å². The summed E-state index contributed by atoms with van der Waals surface area (Å²) >= 11 is 3.48. The molecule has 1 aliphatic rings. The van der Waals surface area contributed by atoms with Crippen molar-refractivity contribution in [1.82, 2.24) is 10.4 Å². The number of ether oxygens (including phenoxy) is 1. The molecule has 0 atom stereocenters. The van der Waals surface area contributed by atoms with E-state index in [0.717, 1.165) is 23.4 Å². The van der Waals surface area contributed by atoms with Crippen molar-refractivity contribution in [3.05, 3.63) is 46.4 Å². The van der Waals surface area contributed by atoms with E-state index >= 15 is 0 Å². The van der Waals surface area contributed by atoms with Gasteiger partial charge in [-0.2, -0.15) is 5.10 Å². The maximum Gasteiger partial charge on any atom is 0.271 e. The first-order chi connectivity index (χ1) is 11.2. The quantitative estimate of drug-likeness (QED) is 0.650. The molecule has 8 heteroatoms. The van der Waals surface area contributed by atoms with E-state index in [4.69, 9.17) is 9.15 Å². The Bertz CT molecular complexity index is 696. The third-order valence-electron chi connectivity index (χ3n) is 3.29. The van der Waals surface area contributed by atoms with Gasteiger partial charge in [0, 0.05) is 37.1 Å². The van der Waals surface area contributed by atoms with Gasteiger partial charge < -0.3 is 14.1 Å². The summed E-state index contributed by atoms with van der Waals surface area (Å²) in [6.45, 7) is 2.92. The first-order valence-electron chi connectivity index (χ1n) is 7.09. The second-order valence-electron chi connectivity index (χ2n) is 4.84. The van der Waals surface area contributed by atoms with E-state index in [1.54, 1.807) is 24.5 Å². The predicted octanol–water partition coefficient (Wildman–Crippen LogP) is 2.04. The lowest BCUT2D eigenvalue weighted by Crippen LogP contribution is -2.36. The van der Waals surface area contributed by atoms with Gasteiger partial charge in [-0.15, -0.1) is 0 Å². The molecule has 1 saturated heterocycles. The lowest BCUT2D eigenvalue weighted by molar-refractivity contribution is 0.0955. The molecule has 2 aromatic rings. The normalized spacial score (nSPS) is 15.1. The van der Waals surface area contributed by atoms with Crippen LogP contribution in [0.5, 0.6) is 0 Å². The summed E-state index contributed by atoms with van der Waals surface area (Å²) in [4.78, 5) is 17.8. The molecule has 0 unspecified atom stereocenters. The van der Waals surface area contributed by atoms with Crippen molar-refractivity contribution in [3.63, 3.8) is 0 Å². The van der Waals surface area contributed by atoms with Crippen LogP contribution in [0.2, 0.25) is 0 Å². The monoisotopic (exact) mass is 378 g/mol. The fourth-order valence-electron chi connectivity index (χ4n) is 2.14. The van der Waals surface area contributed by atoms with Crippen LogP contribution in [-0.2, 0) is 4.74 Å². The van der Waals surface area contributed by atoms with Crippen molar-refractivity contribution in [2.24, 2.45) is 5.10 Å². The zero-order chi connectivity index (χ0) is 16.1. The Morgan fingerprint density at radius 1 is 1.35 bits per heavy atom. The van der Waals surface area contributed by atoms with Gasteiger partial charge in [0.25, 0.3) is 5.91 Å². The fraction of sp³-hybridized carbons (Fsp3) is 0.267. The molecule has 3 heterocycles. The van der Waals surface area contributed by atoms with Crippen LogP contribution in [0.15, 0.2) is 44.6 Å². The van der Waals surface area contributed by atoms with E-state index < -0.39 is 0 Å². The van der Waals surface area contributed by atoms with Crippen LogP contribution in [0.3, 0.4) is 0 Å². The number of pyridine rings is 1. The maximum atomic E-state index is 11.8. The molecule has 0 radical (unpaired) electrons. The maximum absolute atomic E-state index is 11.8. The van der Waals surface area contributed by atoms with E-state index in [9.17, 15) is 4.79 Å². The topological polar surface area (TPSA) is 80.0 Å². The largest absolute Gasteiger partial charge is 0.438 e. The van der Waals surface area contributed by atoms with Crippen molar-refractivity contribution in [3.8, 4) is 0 Å². The fourth-order valence-corrected chi connectivity index (χ4v) is 2.70. The summed E-state index contributed by atoms with van der Waals surface area (Å²) in [6, 6.07) is 5.04. The van der Waals surface area contributed by atoms with E-state index in [-0.39, 0.29) is 5.91 Å². The molecule has 0 aliphatic carbocycles. The smallest absolute Gasteiger partial charge is 0.271 e. The number of aromatic nitrogens is 1. The molecule has 120 valence electrons. The van der Waals surface area contributed by atoms with Crippen molar-refractivity contribution in [2.45, 2.75) is 0 Å². The van der Waals surface area contributed by atoms with Crippen LogP contribution in [0.1, 0.15) is 16.1 Å². The highest BCUT2D eigenvalue weighted by atomic mass is 79.9. The number of hydrazone groups is 1. The standard InChI is InChI=1S/C15H15BrN4O3/c16-13-9-12(23-15(13)20-5-7-22-8-6-20)10-18-19-14(21)11-1-3-17-4-2-11/h1-4,9-10H,5-8H2,(H,19,21)/b18-10-. The van der Waals surface area contributed by atoms with Gasteiger partial charge in [-0.05, 0) is 28.1 Å². The van der Waals surface area contributed by atoms with Gasteiger partial charge in [-0.3, -0.25) is 9.78 Å². The number of nitrogens with one attached hydrogen (secondary N) is 1. The first-order valence-corrected chi connectivity index (χ1v) is 7.89. The number of hydrogen-bond donors (Lipinski definition) is 1. The molecular formula is C15H15BrN4O3. The average Bonchev–Trinajstić information content (AvgIpc) is 2.97. The third kappa shape index (κ3) is 3.96. The van der Waals surface area contributed by atoms with Crippen molar-refractivity contribution in [2.75, 3.05) is 31.2 Å². The van der Waals surface area contributed by atoms with Crippen molar-refractivity contribution in [1.29, 1.82) is 0 Å². The number of carbonyl (C=O) groups is 1. The highest BCUT2D eigenvalue weighted by Crippen LogP contribution is 2.30. The van der Waals surface area contributed by atoms with Gasteiger partial charge >= 0.3 is 0 Å². The van der Waals surface area contributed by atoms with E-state index in [1.807, 2.05) is 6.07 Å². The SMILES string of the molecule is O=C(N/N=C\c1cc(Br)c(N2CCOCC2)o1)c1ccncc1. The van der Waals surface area contributed by atoms with Gasteiger partial charge in [-0.25, -0.2) is 5.43 Å². The average molecular weight is 379 g/mol. The molecule has 1 amide bonds. The van der Waals surface area contributed by atoms with Crippen molar-refractivity contribution < 1.29 is 13.9 Å². The van der Waals surface area contributed by atoms with Crippen LogP contribution in [-0.4, -0.2) is 43.4 Å². The van der Waals surface area contributed by atoms with Gasteiger partial charge in [-0.1, -0.05) is 0 Å². The second-order valence-corrected chi connectivity index (χ2v) is 5.69. The minimum absolute atomic E-state index is 0.303. The number of nitrogens with zero attached hydrogens (tertiary/aromatic N) is 3. The Balaban J connectivity index is 1.63. The van der Waals surface area contributed by atoms with E-state index in [1.165, 1.54) is 6.21 Å². The van der Waals surface area contributed by atoms with Crippen LogP contribution in [0.4, 0.5) is 5.88 Å². The number of anilines is 1. The molecule has 1 fully saturated rings. The molecule has 23 heavy (non-hydrogen) atoms. The molecule has 0 bridgehead atoms. The summed E-state index contributed by atoms with van der Waals surface area (Å²) < 4.78 is 11.9. The number of furan rings is 1. The number of amides is 1. The molecule has 3 rings (SSSR count). The Hall–Kier alpha value is -2.19. The predicted molar refractivity (Wildman–Crippen MR) is 88.7 cm³/mol. The first kappa shape index (κ1) is 15.7. The second kappa shape index (κ2) is 7.38. The summed E-state index contributed by atoms with van der Waals surface area (Å²) in [5.74, 6) is 0.992. The highest BCUT2D eigenvalue weighted by molar-refractivity contribution is 9.10. The number of carbonyl (C=O) groups excluding carboxylic acids is 1. The zero-order valence-corrected chi connectivity index (χ0v) is 13.8. The molecule has 0 aromatic carbocycles. The lowest BCUT2D eigenvalue weighted by atomic mass is 10.3. The minimum atomic E-state index is -0.303. The molecular weight excluding hydrogens is 364 g/mol. The number of halogens is 1. The summed E-state index contributed by atoms with van der Waals surface area (Å²) in [6.07, 6.45) is 4.57. The Labute approximate surface area is 141 Å². The molecule has 1 N–H and O–H groups in total. The molecule has 0 saturated carbocycles. The van der Waals surface area contributed by atoms with Gasteiger partial charge in [0.1, 0.15) is 0 Å². The van der Waals surface area contributed by atoms with Gasteiger partial charge in [0.2, 0.25) is 5.88 Å². The van der Waals surface area contributed by atoms with Crippen LogP contribution in [0.25, 0.3) is 0 Å². The number of rotatable bonds is 4. The number of hydrogen-bond acceptors (Lipinski definition) is 6. The lowest BCUT2D eigenvalue weighted by Gasteiger charge is -2.26. The van der Waals surface area contributed by atoms with Crippen LogP contribution < -0.4 is 10.3 Å². The zero-order valence-electron chi connectivity index (χ0n) is 12.2. The Morgan fingerprint density at radius 3 is 2.83 bits per heavy atom.